The number of para-hydroxylation sites is 1. The molecule has 0 saturated carbocycles. The number of fused-ring (bicyclic) bond motifs is 1. The number of carbonyl (C=O) groups excluding carboxylic acids is 2. The first-order chi connectivity index (χ1) is 18.7. The van der Waals surface area contributed by atoms with Gasteiger partial charge in [-0.2, -0.15) is 13.2 Å². The normalized spacial score (nSPS) is 17.3. The second-order valence-electron chi connectivity index (χ2n) is 9.16. The van der Waals surface area contributed by atoms with E-state index < -0.39 is 17.6 Å². The number of amides is 2. The molecule has 0 bridgehead atoms. The molecule has 1 fully saturated rings. The third kappa shape index (κ3) is 5.85. The SMILES string of the molecule is CC1=C(C(=O)Nc2ccccc2)C(c2ccc(NC(=O)c3ccc(C(F)(F)F)cc3)cc2)N2CCCSC2=N1. The van der Waals surface area contributed by atoms with Crippen molar-refractivity contribution in [2.45, 2.75) is 25.6 Å². The van der Waals surface area contributed by atoms with Crippen LogP contribution in [0.2, 0.25) is 0 Å². The largest absolute Gasteiger partial charge is 0.416 e. The molecule has 1 saturated heterocycles. The van der Waals surface area contributed by atoms with Crippen molar-refractivity contribution in [2.75, 3.05) is 22.9 Å². The van der Waals surface area contributed by atoms with Crippen LogP contribution in [-0.4, -0.2) is 34.2 Å². The van der Waals surface area contributed by atoms with Gasteiger partial charge < -0.3 is 15.5 Å². The third-order valence-electron chi connectivity index (χ3n) is 6.49. The Hall–Kier alpha value is -4.05. The number of benzene rings is 3. The van der Waals surface area contributed by atoms with Crippen molar-refractivity contribution in [3.63, 3.8) is 0 Å². The number of hydrogen-bond acceptors (Lipinski definition) is 5. The molecule has 0 spiro atoms. The quantitative estimate of drug-likeness (QED) is 0.370. The van der Waals surface area contributed by atoms with Gasteiger partial charge in [-0.25, -0.2) is 4.99 Å². The number of carbonyl (C=O) groups is 2. The molecule has 200 valence electrons. The molecule has 2 aliphatic rings. The van der Waals surface area contributed by atoms with Gasteiger partial charge in [0.2, 0.25) is 0 Å². The van der Waals surface area contributed by atoms with Crippen LogP contribution in [0.25, 0.3) is 0 Å². The van der Waals surface area contributed by atoms with E-state index >= 15 is 0 Å². The summed E-state index contributed by atoms with van der Waals surface area (Å²) < 4.78 is 38.5. The Bertz CT molecular complexity index is 1440. The maximum absolute atomic E-state index is 13.5. The number of rotatable bonds is 5. The van der Waals surface area contributed by atoms with Crippen LogP contribution in [0.5, 0.6) is 0 Å². The van der Waals surface area contributed by atoms with E-state index in [1.54, 1.807) is 23.9 Å². The van der Waals surface area contributed by atoms with E-state index in [1.165, 1.54) is 0 Å². The second kappa shape index (κ2) is 11.0. The molecule has 39 heavy (non-hydrogen) atoms. The summed E-state index contributed by atoms with van der Waals surface area (Å²) in [6.45, 7) is 2.59. The van der Waals surface area contributed by atoms with E-state index in [-0.39, 0.29) is 17.5 Å². The van der Waals surface area contributed by atoms with E-state index in [2.05, 4.69) is 15.5 Å². The highest BCUT2D eigenvalue weighted by molar-refractivity contribution is 8.13. The van der Waals surface area contributed by atoms with Gasteiger partial charge in [0.15, 0.2) is 5.17 Å². The maximum Gasteiger partial charge on any atom is 0.416 e. The first-order valence-electron chi connectivity index (χ1n) is 12.3. The lowest BCUT2D eigenvalue weighted by Crippen LogP contribution is -2.43. The van der Waals surface area contributed by atoms with E-state index in [1.807, 2.05) is 49.4 Å². The Morgan fingerprint density at radius 2 is 1.54 bits per heavy atom. The summed E-state index contributed by atoms with van der Waals surface area (Å²) in [5.41, 5.74) is 2.52. The highest BCUT2D eigenvalue weighted by Crippen LogP contribution is 2.40. The number of alkyl halides is 3. The van der Waals surface area contributed by atoms with Gasteiger partial charge in [0.25, 0.3) is 11.8 Å². The Kier molecular flexibility index (Phi) is 7.47. The average Bonchev–Trinajstić information content (AvgIpc) is 2.93. The van der Waals surface area contributed by atoms with Crippen LogP contribution in [0, 0.1) is 0 Å². The summed E-state index contributed by atoms with van der Waals surface area (Å²) in [6.07, 6.45) is -3.51. The highest BCUT2D eigenvalue weighted by Gasteiger charge is 2.37. The van der Waals surface area contributed by atoms with Gasteiger partial charge in [0.1, 0.15) is 0 Å². The molecule has 2 N–H and O–H groups in total. The summed E-state index contributed by atoms with van der Waals surface area (Å²) in [6, 6.07) is 20.1. The lowest BCUT2D eigenvalue weighted by molar-refractivity contribution is -0.137. The molecule has 3 aromatic rings. The van der Waals surface area contributed by atoms with Crippen LogP contribution in [0.1, 0.15) is 40.9 Å². The zero-order valence-electron chi connectivity index (χ0n) is 21.0. The van der Waals surface area contributed by atoms with Crippen LogP contribution in [-0.2, 0) is 11.0 Å². The molecular formula is C29H25F3N4O2S. The predicted octanol–water partition coefficient (Wildman–Crippen LogP) is 6.72. The molecule has 3 aromatic carbocycles. The maximum atomic E-state index is 13.5. The topological polar surface area (TPSA) is 73.8 Å². The monoisotopic (exact) mass is 550 g/mol. The zero-order valence-corrected chi connectivity index (χ0v) is 21.8. The standard InChI is InChI=1S/C29H25F3N4O2S/c1-18-24(27(38)35-22-6-3-2-4-7-22)25(36-16-5-17-39-28(36)33-18)19-10-14-23(15-11-19)34-26(37)20-8-12-21(13-9-20)29(30,31)32/h2-4,6-15,25H,5,16-17H2,1H3,(H,34,37)(H,35,38). The van der Waals surface area contributed by atoms with Crippen molar-refractivity contribution in [2.24, 2.45) is 4.99 Å². The van der Waals surface area contributed by atoms with Gasteiger partial charge in [0.05, 0.1) is 22.9 Å². The van der Waals surface area contributed by atoms with Gasteiger partial charge in [-0.1, -0.05) is 42.1 Å². The number of thioether (sulfide) groups is 1. The minimum absolute atomic E-state index is 0.115. The molecule has 10 heteroatoms. The summed E-state index contributed by atoms with van der Waals surface area (Å²) in [5, 5.41) is 6.58. The zero-order chi connectivity index (χ0) is 27.6. The molecule has 1 unspecified atom stereocenters. The number of anilines is 2. The van der Waals surface area contributed by atoms with Crippen molar-refractivity contribution >= 4 is 40.1 Å². The van der Waals surface area contributed by atoms with Crippen molar-refractivity contribution in [1.29, 1.82) is 0 Å². The minimum atomic E-state index is -4.47. The molecule has 2 aliphatic heterocycles. The number of nitrogens with zero attached hydrogens (tertiary/aromatic N) is 2. The molecule has 0 radical (unpaired) electrons. The van der Waals surface area contributed by atoms with Crippen molar-refractivity contribution in [1.82, 2.24) is 4.90 Å². The molecule has 1 atom stereocenters. The Morgan fingerprint density at radius 1 is 0.897 bits per heavy atom. The number of aliphatic imine (C=N–C) groups is 1. The van der Waals surface area contributed by atoms with Gasteiger partial charge in [-0.15, -0.1) is 0 Å². The van der Waals surface area contributed by atoms with Crippen LogP contribution < -0.4 is 10.6 Å². The summed E-state index contributed by atoms with van der Waals surface area (Å²) >= 11 is 1.66. The van der Waals surface area contributed by atoms with Crippen LogP contribution >= 0.6 is 11.8 Å². The number of amidine groups is 1. The molecule has 2 amide bonds. The minimum Gasteiger partial charge on any atom is -0.340 e. The molecular weight excluding hydrogens is 525 g/mol. The second-order valence-corrected chi connectivity index (χ2v) is 10.2. The van der Waals surface area contributed by atoms with E-state index in [0.29, 0.717) is 22.6 Å². The number of nitrogens with one attached hydrogen (secondary N) is 2. The molecule has 5 rings (SSSR count). The van der Waals surface area contributed by atoms with Crippen LogP contribution in [0.3, 0.4) is 0 Å². The fourth-order valence-electron chi connectivity index (χ4n) is 4.59. The number of hydrogen-bond donors (Lipinski definition) is 2. The van der Waals surface area contributed by atoms with Gasteiger partial charge >= 0.3 is 6.18 Å². The van der Waals surface area contributed by atoms with E-state index in [4.69, 9.17) is 4.99 Å². The van der Waals surface area contributed by atoms with Gasteiger partial charge in [0, 0.05) is 29.2 Å². The first-order valence-corrected chi connectivity index (χ1v) is 13.3. The van der Waals surface area contributed by atoms with Gasteiger partial charge in [-0.05, 0) is 67.4 Å². The van der Waals surface area contributed by atoms with E-state index in [9.17, 15) is 22.8 Å². The summed E-state index contributed by atoms with van der Waals surface area (Å²) in [5.74, 6) is 0.201. The Morgan fingerprint density at radius 3 is 2.21 bits per heavy atom. The van der Waals surface area contributed by atoms with Gasteiger partial charge in [-0.3, -0.25) is 9.59 Å². The highest BCUT2D eigenvalue weighted by atomic mass is 32.2. The average molecular weight is 551 g/mol. The van der Waals surface area contributed by atoms with Crippen molar-refractivity contribution in [3.8, 4) is 0 Å². The predicted molar refractivity (Wildman–Crippen MR) is 148 cm³/mol. The Labute approximate surface area is 228 Å². The number of allylic oxidation sites excluding steroid dienone is 1. The third-order valence-corrected chi connectivity index (χ3v) is 7.57. The van der Waals surface area contributed by atoms with E-state index in [0.717, 1.165) is 53.7 Å². The lowest BCUT2D eigenvalue weighted by atomic mass is 9.93. The summed E-state index contributed by atoms with van der Waals surface area (Å²) in [4.78, 5) is 33.0. The molecule has 6 nitrogen and oxygen atoms in total. The number of halogens is 3. The van der Waals surface area contributed by atoms with Crippen LogP contribution in [0.15, 0.2) is 95.1 Å². The van der Waals surface area contributed by atoms with Crippen molar-refractivity contribution < 1.29 is 22.8 Å². The lowest BCUT2D eigenvalue weighted by Gasteiger charge is -2.40. The van der Waals surface area contributed by atoms with Crippen molar-refractivity contribution in [3.05, 3.63) is 107 Å². The smallest absolute Gasteiger partial charge is 0.340 e. The molecule has 0 aromatic heterocycles. The fraction of sp³-hybridized carbons (Fsp3) is 0.207. The Balaban J connectivity index is 1.38. The summed E-state index contributed by atoms with van der Waals surface area (Å²) in [7, 11) is 0. The fourth-order valence-corrected chi connectivity index (χ4v) is 5.61. The molecule has 2 heterocycles. The first kappa shape index (κ1) is 26.6. The van der Waals surface area contributed by atoms with Crippen LogP contribution in [0.4, 0.5) is 24.5 Å². The molecule has 0 aliphatic carbocycles.